The van der Waals surface area contributed by atoms with Gasteiger partial charge in [0, 0.05) is 30.5 Å². The first-order valence-electron chi connectivity index (χ1n) is 5.75. The number of halogens is 1. The Kier molecular flexibility index (Phi) is 6.82. The van der Waals surface area contributed by atoms with Crippen molar-refractivity contribution in [3.8, 4) is 0 Å². The third-order valence-electron chi connectivity index (χ3n) is 2.13. The average molecular weight is 241 g/mol. The van der Waals surface area contributed by atoms with Gasteiger partial charge in [-0.2, -0.15) is 0 Å². The summed E-state index contributed by atoms with van der Waals surface area (Å²) < 4.78 is 2.07. The van der Waals surface area contributed by atoms with Crippen LogP contribution >= 0.6 is 11.6 Å². The zero-order chi connectivity index (χ0) is 12.7. The van der Waals surface area contributed by atoms with E-state index in [-0.39, 0.29) is 0 Å². The van der Waals surface area contributed by atoms with Gasteiger partial charge >= 0.3 is 0 Å². The number of pyridine rings is 1. The topological polar surface area (TPSA) is 17.8 Å². The summed E-state index contributed by atoms with van der Waals surface area (Å²) in [5.74, 6) is 0. The molecule has 0 fully saturated rings. The lowest BCUT2D eigenvalue weighted by molar-refractivity contribution is 0.917. The van der Waals surface area contributed by atoms with Gasteiger partial charge in [0.15, 0.2) is 0 Å². The number of rotatable bonds is 0. The van der Waals surface area contributed by atoms with E-state index >= 15 is 0 Å². The third kappa shape index (κ3) is 2.99. The molecule has 2 aromatic rings. The third-order valence-corrected chi connectivity index (χ3v) is 2.41. The van der Waals surface area contributed by atoms with Crippen LogP contribution in [0.3, 0.4) is 0 Å². The molecule has 0 saturated carbocycles. The van der Waals surface area contributed by atoms with Gasteiger partial charge in [-0.05, 0) is 13.0 Å². The highest BCUT2D eigenvalue weighted by Crippen LogP contribution is 2.24. The highest BCUT2D eigenvalue weighted by Gasteiger charge is 2.05. The predicted molar refractivity (Wildman–Crippen MR) is 73.2 cm³/mol. The molecule has 0 aromatic carbocycles. The Hall–Kier alpha value is -1.02. The van der Waals surface area contributed by atoms with Crippen LogP contribution in [0.25, 0.3) is 10.9 Å². The van der Waals surface area contributed by atoms with E-state index in [0.29, 0.717) is 5.02 Å². The van der Waals surface area contributed by atoms with E-state index in [2.05, 4.69) is 22.5 Å². The SMILES string of the molecule is CC.CC.Cc1cc2cncc(Cl)c2n1C. The van der Waals surface area contributed by atoms with Gasteiger partial charge in [0.05, 0.1) is 10.5 Å². The van der Waals surface area contributed by atoms with Gasteiger partial charge < -0.3 is 4.57 Å². The molecule has 2 rings (SSSR count). The molecule has 0 amide bonds. The van der Waals surface area contributed by atoms with Crippen molar-refractivity contribution >= 4 is 22.5 Å². The molecule has 0 bridgehead atoms. The van der Waals surface area contributed by atoms with Crippen LogP contribution < -0.4 is 0 Å². The zero-order valence-electron chi connectivity index (χ0n) is 11.0. The standard InChI is InChI=1S/C9H9ClN2.2C2H6/c1-6-3-7-4-11-5-8(10)9(7)12(6)2;2*1-2/h3-5H,1-2H3;2*1-2H3. The van der Waals surface area contributed by atoms with Crippen LogP contribution in [0.1, 0.15) is 33.4 Å². The minimum absolute atomic E-state index is 0.711. The number of fused-ring (bicyclic) bond motifs is 1. The molecule has 2 aromatic heterocycles. The molecule has 0 radical (unpaired) electrons. The first kappa shape index (κ1) is 15.0. The summed E-state index contributed by atoms with van der Waals surface area (Å²) in [7, 11) is 2.00. The second kappa shape index (κ2) is 7.29. The molecule has 90 valence electrons. The molecule has 0 unspecified atom stereocenters. The Morgan fingerprint density at radius 2 is 1.69 bits per heavy atom. The first-order chi connectivity index (χ1) is 7.70. The van der Waals surface area contributed by atoms with Crippen molar-refractivity contribution in [2.45, 2.75) is 34.6 Å². The Balaban J connectivity index is 0.000000509. The van der Waals surface area contributed by atoms with Crippen molar-refractivity contribution < 1.29 is 0 Å². The van der Waals surface area contributed by atoms with Gasteiger partial charge in [0.2, 0.25) is 0 Å². The fraction of sp³-hybridized carbons (Fsp3) is 0.462. The second-order valence-electron chi connectivity index (χ2n) is 2.90. The summed E-state index contributed by atoms with van der Waals surface area (Å²) in [6.45, 7) is 10.1. The van der Waals surface area contributed by atoms with Crippen molar-refractivity contribution in [1.29, 1.82) is 0 Å². The van der Waals surface area contributed by atoms with Gasteiger partial charge in [-0.3, -0.25) is 4.98 Å². The maximum absolute atomic E-state index is 5.99. The number of hydrogen-bond donors (Lipinski definition) is 0. The van der Waals surface area contributed by atoms with Crippen LogP contribution in [0.15, 0.2) is 18.5 Å². The summed E-state index contributed by atoms with van der Waals surface area (Å²) in [5.41, 5.74) is 2.25. The highest BCUT2D eigenvalue weighted by atomic mass is 35.5. The first-order valence-corrected chi connectivity index (χ1v) is 6.13. The molecule has 2 heterocycles. The molecule has 0 aliphatic carbocycles. The van der Waals surface area contributed by atoms with E-state index in [0.717, 1.165) is 10.9 Å². The summed E-state index contributed by atoms with van der Waals surface area (Å²) in [4.78, 5) is 4.02. The van der Waals surface area contributed by atoms with Crippen LogP contribution in [0.2, 0.25) is 5.02 Å². The Bertz CT molecular complexity index is 433. The molecule has 0 aliphatic heterocycles. The smallest absolute Gasteiger partial charge is 0.0832 e. The molecule has 0 atom stereocenters. The molecule has 16 heavy (non-hydrogen) atoms. The lowest BCUT2D eigenvalue weighted by atomic mass is 10.3. The second-order valence-corrected chi connectivity index (χ2v) is 3.31. The van der Waals surface area contributed by atoms with Gasteiger partial charge in [-0.15, -0.1) is 0 Å². The average Bonchev–Trinajstić information content (AvgIpc) is 2.62. The number of hydrogen-bond acceptors (Lipinski definition) is 1. The number of nitrogens with zero attached hydrogens (tertiary/aromatic N) is 2. The Morgan fingerprint density at radius 3 is 2.19 bits per heavy atom. The minimum Gasteiger partial charge on any atom is -0.347 e. The van der Waals surface area contributed by atoms with E-state index in [9.17, 15) is 0 Å². The van der Waals surface area contributed by atoms with E-state index in [4.69, 9.17) is 11.6 Å². The van der Waals surface area contributed by atoms with Crippen molar-refractivity contribution in [1.82, 2.24) is 9.55 Å². The van der Waals surface area contributed by atoms with Crippen LogP contribution in [0.5, 0.6) is 0 Å². The lowest BCUT2D eigenvalue weighted by Gasteiger charge is -1.99. The monoisotopic (exact) mass is 240 g/mol. The minimum atomic E-state index is 0.711. The molecule has 0 N–H and O–H groups in total. The fourth-order valence-electron chi connectivity index (χ4n) is 1.40. The van der Waals surface area contributed by atoms with Crippen molar-refractivity contribution in [3.05, 3.63) is 29.2 Å². The highest BCUT2D eigenvalue weighted by molar-refractivity contribution is 6.34. The van der Waals surface area contributed by atoms with Crippen molar-refractivity contribution in [2.75, 3.05) is 0 Å². The molecule has 0 aliphatic rings. The summed E-state index contributed by atoms with van der Waals surface area (Å²) in [5, 5.41) is 1.81. The van der Waals surface area contributed by atoms with E-state index in [1.807, 2.05) is 40.9 Å². The molecule has 0 spiro atoms. The van der Waals surface area contributed by atoms with Crippen LogP contribution in [0, 0.1) is 6.92 Å². The molecular weight excluding hydrogens is 220 g/mol. The lowest BCUT2D eigenvalue weighted by Crippen LogP contribution is -1.89. The molecule has 3 heteroatoms. The summed E-state index contributed by atoms with van der Waals surface area (Å²) in [6.07, 6.45) is 3.50. The van der Waals surface area contributed by atoms with E-state index in [1.165, 1.54) is 5.69 Å². The van der Waals surface area contributed by atoms with Crippen molar-refractivity contribution in [2.24, 2.45) is 7.05 Å². The quantitative estimate of drug-likeness (QED) is 0.659. The summed E-state index contributed by atoms with van der Waals surface area (Å²) >= 11 is 5.99. The van der Waals surface area contributed by atoms with Gasteiger partial charge in [0.1, 0.15) is 0 Å². The van der Waals surface area contributed by atoms with Crippen LogP contribution in [-0.4, -0.2) is 9.55 Å². The predicted octanol–water partition coefficient (Wildman–Crippen LogP) is 4.59. The van der Waals surface area contributed by atoms with Crippen LogP contribution in [0.4, 0.5) is 0 Å². The largest absolute Gasteiger partial charge is 0.347 e. The van der Waals surface area contributed by atoms with Gasteiger partial charge in [0.25, 0.3) is 0 Å². The fourth-order valence-corrected chi connectivity index (χ4v) is 1.69. The van der Waals surface area contributed by atoms with Gasteiger partial charge in [-0.25, -0.2) is 0 Å². The van der Waals surface area contributed by atoms with Gasteiger partial charge in [-0.1, -0.05) is 39.3 Å². The van der Waals surface area contributed by atoms with Crippen LogP contribution in [-0.2, 0) is 7.05 Å². The Labute approximate surface area is 103 Å². The maximum Gasteiger partial charge on any atom is 0.0832 e. The number of aryl methyl sites for hydroxylation is 2. The van der Waals surface area contributed by atoms with Crippen molar-refractivity contribution in [3.63, 3.8) is 0 Å². The Morgan fingerprint density at radius 1 is 1.12 bits per heavy atom. The molecular formula is C13H21ClN2. The summed E-state index contributed by atoms with van der Waals surface area (Å²) in [6, 6.07) is 2.08. The normalized spacial score (nSPS) is 8.94. The molecule has 0 saturated heterocycles. The number of aromatic nitrogens is 2. The van der Waals surface area contributed by atoms with E-state index in [1.54, 1.807) is 6.20 Å². The zero-order valence-corrected chi connectivity index (χ0v) is 11.8. The molecule has 2 nitrogen and oxygen atoms in total. The van der Waals surface area contributed by atoms with E-state index < -0.39 is 0 Å². The maximum atomic E-state index is 5.99.